The number of methoxy groups -OCH3 is 1. The van der Waals surface area contributed by atoms with Gasteiger partial charge in [0.1, 0.15) is 15.7 Å². The van der Waals surface area contributed by atoms with Crippen LogP contribution in [0.15, 0.2) is 35.2 Å². The van der Waals surface area contributed by atoms with Crippen molar-refractivity contribution in [1.29, 1.82) is 0 Å². The summed E-state index contributed by atoms with van der Waals surface area (Å²) in [6.07, 6.45) is 0. The molecule has 2 aromatic carbocycles. The van der Waals surface area contributed by atoms with Crippen LogP contribution >= 0.6 is 23.2 Å². The molecule has 0 radical (unpaired) electrons. The largest absolute Gasteiger partial charge is 0.495 e. The van der Waals surface area contributed by atoms with Crippen molar-refractivity contribution in [2.75, 3.05) is 18.0 Å². The first-order chi connectivity index (χ1) is 12.2. The second-order valence-electron chi connectivity index (χ2n) is 5.24. The Balaban J connectivity index is 2.66. The van der Waals surface area contributed by atoms with Crippen molar-refractivity contribution in [3.8, 4) is 5.75 Å². The van der Waals surface area contributed by atoms with Crippen LogP contribution in [0.1, 0.15) is 12.5 Å². The number of rotatable bonds is 6. The van der Waals surface area contributed by atoms with Crippen molar-refractivity contribution in [1.82, 2.24) is 0 Å². The van der Waals surface area contributed by atoms with Crippen molar-refractivity contribution in [2.45, 2.75) is 18.7 Å². The van der Waals surface area contributed by atoms with Gasteiger partial charge in [-0.05, 0) is 32.0 Å². The molecule has 0 N–H and O–H groups in total. The van der Waals surface area contributed by atoms with Gasteiger partial charge >= 0.3 is 0 Å². The molecule has 0 heterocycles. The van der Waals surface area contributed by atoms with Crippen molar-refractivity contribution in [2.24, 2.45) is 0 Å². The Morgan fingerprint density at radius 3 is 2.38 bits per heavy atom. The van der Waals surface area contributed by atoms with E-state index in [1.807, 2.05) is 0 Å². The molecule has 0 aliphatic rings. The highest BCUT2D eigenvalue weighted by Crippen LogP contribution is 2.39. The highest BCUT2D eigenvalue weighted by molar-refractivity contribution is 7.93. The van der Waals surface area contributed by atoms with Gasteiger partial charge in [0.2, 0.25) is 0 Å². The molecule has 0 atom stereocenters. The summed E-state index contributed by atoms with van der Waals surface area (Å²) in [6, 6.07) is 6.94. The van der Waals surface area contributed by atoms with E-state index < -0.39 is 14.9 Å². The van der Waals surface area contributed by atoms with Gasteiger partial charge in [0.25, 0.3) is 15.7 Å². The molecule has 26 heavy (non-hydrogen) atoms. The van der Waals surface area contributed by atoms with Crippen LogP contribution in [0.4, 0.5) is 11.4 Å². The van der Waals surface area contributed by atoms with Crippen LogP contribution in [0.5, 0.6) is 5.75 Å². The van der Waals surface area contributed by atoms with Crippen molar-refractivity contribution in [3.05, 3.63) is 56.1 Å². The second kappa shape index (κ2) is 7.69. The minimum atomic E-state index is -4.11. The van der Waals surface area contributed by atoms with E-state index in [-0.39, 0.29) is 44.2 Å². The molecule has 7 nitrogen and oxygen atoms in total. The predicted octanol–water partition coefficient (Wildman–Crippen LogP) is 4.43. The Hall–Kier alpha value is -2.03. The Labute approximate surface area is 161 Å². The molecule has 0 saturated carbocycles. The first kappa shape index (κ1) is 20.3. The first-order valence-corrected chi connectivity index (χ1v) is 9.65. The minimum absolute atomic E-state index is 0.0259. The standard InChI is InChI=1S/C16H16Cl2N2O5S/c1-4-19(11-6-5-7-12(10(11)2)20(21)22)26(23,24)14-9-8-13(25-3)15(17)16(14)18/h5-9H,4H2,1-3H3. The van der Waals surface area contributed by atoms with Gasteiger partial charge in [0, 0.05) is 12.6 Å². The van der Waals surface area contributed by atoms with E-state index in [0.29, 0.717) is 0 Å². The maximum atomic E-state index is 13.1. The minimum Gasteiger partial charge on any atom is -0.495 e. The summed E-state index contributed by atoms with van der Waals surface area (Å²) >= 11 is 12.2. The lowest BCUT2D eigenvalue weighted by Crippen LogP contribution is -2.31. The summed E-state index contributed by atoms with van der Waals surface area (Å²) in [7, 11) is -2.72. The average molecular weight is 419 g/mol. The third-order valence-electron chi connectivity index (χ3n) is 3.83. The van der Waals surface area contributed by atoms with Crippen LogP contribution in [0, 0.1) is 17.0 Å². The summed E-state index contributed by atoms with van der Waals surface area (Å²) in [5.41, 5.74) is 0.262. The van der Waals surface area contributed by atoms with E-state index in [4.69, 9.17) is 27.9 Å². The maximum absolute atomic E-state index is 13.1. The van der Waals surface area contributed by atoms with E-state index in [1.54, 1.807) is 6.92 Å². The van der Waals surface area contributed by atoms with Crippen LogP contribution in [0.25, 0.3) is 0 Å². The van der Waals surface area contributed by atoms with Crippen LogP contribution in [0.2, 0.25) is 10.0 Å². The molecular formula is C16H16Cl2N2O5S. The molecule has 140 valence electrons. The van der Waals surface area contributed by atoms with E-state index in [2.05, 4.69) is 0 Å². The number of nitro benzene ring substituents is 1. The molecule has 2 aromatic rings. The summed E-state index contributed by atoms with van der Waals surface area (Å²) in [6.45, 7) is 3.16. The Morgan fingerprint density at radius 1 is 1.19 bits per heavy atom. The zero-order valence-corrected chi connectivity index (χ0v) is 16.5. The number of anilines is 1. The van der Waals surface area contributed by atoms with E-state index in [9.17, 15) is 18.5 Å². The van der Waals surface area contributed by atoms with E-state index >= 15 is 0 Å². The molecule has 0 fully saturated rings. The van der Waals surface area contributed by atoms with Gasteiger partial charge in [-0.25, -0.2) is 8.42 Å². The number of sulfonamides is 1. The van der Waals surface area contributed by atoms with E-state index in [0.717, 1.165) is 4.31 Å². The lowest BCUT2D eigenvalue weighted by Gasteiger charge is -2.25. The number of benzene rings is 2. The zero-order valence-electron chi connectivity index (χ0n) is 14.2. The normalized spacial score (nSPS) is 11.3. The second-order valence-corrected chi connectivity index (χ2v) is 7.83. The first-order valence-electron chi connectivity index (χ1n) is 7.45. The molecule has 2 rings (SSSR count). The quantitative estimate of drug-likeness (QED) is 0.510. The molecule has 0 bridgehead atoms. The van der Waals surface area contributed by atoms with Gasteiger partial charge in [-0.1, -0.05) is 29.3 Å². The van der Waals surface area contributed by atoms with Crippen molar-refractivity contribution < 1.29 is 18.1 Å². The topological polar surface area (TPSA) is 89.8 Å². The Morgan fingerprint density at radius 2 is 1.85 bits per heavy atom. The van der Waals surface area contributed by atoms with Crippen LogP contribution in [-0.2, 0) is 10.0 Å². The van der Waals surface area contributed by atoms with E-state index in [1.165, 1.54) is 44.4 Å². The molecule has 0 unspecified atom stereocenters. The number of hydrogen-bond acceptors (Lipinski definition) is 5. The molecule has 0 spiro atoms. The summed E-state index contributed by atoms with van der Waals surface area (Å²) in [5.74, 6) is 0.241. The fraction of sp³-hybridized carbons (Fsp3) is 0.250. The zero-order chi connectivity index (χ0) is 19.6. The average Bonchev–Trinajstić information content (AvgIpc) is 2.58. The SMILES string of the molecule is CCN(c1cccc([N+](=O)[O-])c1C)S(=O)(=O)c1ccc(OC)c(Cl)c1Cl. The predicted molar refractivity (Wildman–Crippen MR) is 101 cm³/mol. The fourth-order valence-electron chi connectivity index (χ4n) is 2.54. The third kappa shape index (κ3) is 3.44. The Bertz CT molecular complexity index is 963. The van der Waals surface area contributed by atoms with Gasteiger partial charge < -0.3 is 4.74 Å². The molecule has 0 aromatic heterocycles. The number of nitrogens with zero attached hydrogens (tertiary/aromatic N) is 2. The lowest BCUT2D eigenvalue weighted by molar-refractivity contribution is -0.385. The molecule has 0 aliphatic heterocycles. The van der Waals surface area contributed by atoms with Gasteiger partial charge in [-0.3, -0.25) is 14.4 Å². The summed E-state index contributed by atoms with van der Waals surface area (Å²) < 4.78 is 32.4. The van der Waals surface area contributed by atoms with Crippen molar-refractivity contribution >= 4 is 44.6 Å². The molecule has 0 amide bonds. The fourth-order valence-corrected chi connectivity index (χ4v) is 4.89. The van der Waals surface area contributed by atoms with Gasteiger partial charge in [-0.15, -0.1) is 0 Å². The smallest absolute Gasteiger partial charge is 0.274 e. The maximum Gasteiger partial charge on any atom is 0.274 e. The van der Waals surface area contributed by atoms with Gasteiger partial charge in [0.05, 0.1) is 28.3 Å². The van der Waals surface area contributed by atoms with Crippen molar-refractivity contribution in [3.63, 3.8) is 0 Å². The van der Waals surface area contributed by atoms with Crippen LogP contribution in [-0.4, -0.2) is 27.0 Å². The number of nitro groups is 1. The van der Waals surface area contributed by atoms with Gasteiger partial charge in [-0.2, -0.15) is 0 Å². The Kier molecular flexibility index (Phi) is 6.00. The molecule has 0 aliphatic carbocycles. The number of ether oxygens (including phenoxy) is 1. The summed E-state index contributed by atoms with van der Waals surface area (Å²) in [4.78, 5) is 10.4. The van der Waals surface area contributed by atoms with Gasteiger partial charge in [0.15, 0.2) is 0 Å². The molecular weight excluding hydrogens is 403 g/mol. The molecule has 10 heteroatoms. The monoisotopic (exact) mass is 418 g/mol. The highest BCUT2D eigenvalue weighted by atomic mass is 35.5. The van der Waals surface area contributed by atoms with Crippen LogP contribution in [0.3, 0.4) is 0 Å². The number of halogens is 2. The molecule has 0 saturated heterocycles. The number of hydrogen-bond donors (Lipinski definition) is 0. The lowest BCUT2D eigenvalue weighted by atomic mass is 10.1. The third-order valence-corrected chi connectivity index (χ3v) is 6.74. The van der Waals surface area contributed by atoms with Crippen LogP contribution < -0.4 is 9.04 Å². The summed E-state index contributed by atoms with van der Waals surface area (Å²) in [5, 5.41) is 11.0. The highest BCUT2D eigenvalue weighted by Gasteiger charge is 2.30.